The highest BCUT2D eigenvalue weighted by molar-refractivity contribution is 6.30. The van der Waals surface area contributed by atoms with Gasteiger partial charge in [-0.15, -0.1) is 0 Å². The van der Waals surface area contributed by atoms with Crippen LogP contribution >= 0.6 is 11.6 Å². The van der Waals surface area contributed by atoms with Gasteiger partial charge in [-0.25, -0.2) is 4.79 Å². The van der Waals surface area contributed by atoms with Crippen LogP contribution in [0.1, 0.15) is 12.0 Å². The highest BCUT2D eigenvalue weighted by atomic mass is 35.5. The number of rotatable bonds is 3. The van der Waals surface area contributed by atoms with E-state index in [-0.39, 0.29) is 6.04 Å². The second-order valence-electron chi connectivity index (χ2n) is 4.54. The number of hydrogen-bond acceptors (Lipinski definition) is 4. The van der Waals surface area contributed by atoms with E-state index in [4.69, 9.17) is 17.3 Å². The lowest BCUT2D eigenvalue weighted by molar-refractivity contribution is 0.167. The summed E-state index contributed by atoms with van der Waals surface area (Å²) in [6.07, 6.45) is 0.489. The highest BCUT2D eigenvalue weighted by Gasteiger charge is 2.25. The van der Waals surface area contributed by atoms with Gasteiger partial charge in [-0.3, -0.25) is 0 Å². The zero-order valence-corrected chi connectivity index (χ0v) is 11.6. The molecule has 0 radical (unpaired) electrons. The van der Waals surface area contributed by atoms with Gasteiger partial charge >= 0.3 is 6.09 Å². The Balaban J connectivity index is 2.08. The monoisotopic (exact) mass is 283 g/mol. The predicted octanol–water partition coefficient (Wildman–Crippen LogP) is 1.73. The number of nitrogens with zero attached hydrogens (tertiary/aromatic N) is 1. The molecule has 1 aliphatic heterocycles. The van der Waals surface area contributed by atoms with Crippen LogP contribution in [0, 0.1) is 0 Å². The molecule has 1 aliphatic rings. The van der Waals surface area contributed by atoms with Crippen molar-refractivity contribution in [3.05, 3.63) is 28.8 Å². The first kappa shape index (κ1) is 14.0. The molecule has 1 saturated heterocycles. The lowest BCUT2D eigenvalue weighted by atomic mass is 10.1. The number of nitrogens with one attached hydrogen (secondary N) is 1. The number of carbonyl (C=O) groups excluding carboxylic acids is 1. The third-order valence-electron chi connectivity index (χ3n) is 3.30. The fourth-order valence-electron chi connectivity index (χ4n) is 2.33. The molecule has 3 N–H and O–H groups in total. The lowest BCUT2D eigenvalue weighted by Gasteiger charge is -2.22. The maximum Gasteiger partial charge on any atom is 0.407 e. The fraction of sp³-hybridized carbons (Fsp3) is 0.462. The number of anilines is 1. The van der Waals surface area contributed by atoms with Crippen molar-refractivity contribution in [3.63, 3.8) is 0 Å². The quantitative estimate of drug-likeness (QED) is 0.887. The topological polar surface area (TPSA) is 67.6 Å². The number of hydrogen-bond donors (Lipinski definition) is 2. The van der Waals surface area contributed by atoms with Gasteiger partial charge in [0.25, 0.3) is 0 Å². The SMILES string of the molecule is COC(=O)NC1CCN(c2cc(Cl)ccc2CN)C1. The normalized spacial score (nSPS) is 18.5. The van der Waals surface area contributed by atoms with Crippen LogP contribution in [-0.4, -0.2) is 32.3 Å². The van der Waals surface area contributed by atoms with E-state index in [1.54, 1.807) is 0 Å². The summed E-state index contributed by atoms with van der Waals surface area (Å²) in [6, 6.07) is 5.80. The minimum absolute atomic E-state index is 0.0945. The molecule has 1 amide bonds. The summed E-state index contributed by atoms with van der Waals surface area (Å²) in [6.45, 7) is 2.07. The smallest absolute Gasteiger partial charge is 0.407 e. The molecule has 5 nitrogen and oxygen atoms in total. The van der Waals surface area contributed by atoms with Crippen LogP contribution in [0.5, 0.6) is 0 Å². The third-order valence-corrected chi connectivity index (χ3v) is 3.54. The van der Waals surface area contributed by atoms with Gasteiger partial charge in [0.2, 0.25) is 0 Å². The molecule has 104 valence electrons. The largest absolute Gasteiger partial charge is 0.453 e. The molecule has 1 heterocycles. The van der Waals surface area contributed by atoms with Gasteiger partial charge in [-0.2, -0.15) is 0 Å². The van der Waals surface area contributed by atoms with Crippen molar-refractivity contribution in [2.45, 2.75) is 19.0 Å². The van der Waals surface area contributed by atoms with E-state index in [1.165, 1.54) is 7.11 Å². The summed E-state index contributed by atoms with van der Waals surface area (Å²) in [4.78, 5) is 13.4. The Morgan fingerprint density at radius 2 is 2.42 bits per heavy atom. The summed E-state index contributed by atoms with van der Waals surface area (Å²) < 4.78 is 4.61. The van der Waals surface area contributed by atoms with Gasteiger partial charge < -0.3 is 20.7 Å². The number of benzene rings is 1. The molecule has 1 unspecified atom stereocenters. The molecule has 0 aliphatic carbocycles. The van der Waals surface area contributed by atoms with Crippen LogP contribution in [0.3, 0.4) is 0 Å². The molecule has 0 saturated carbocycles. The number of methoxy groups -OCH3 is 1. The minimum atomic E-state index is -0.392. The molecule has 1 aromatic rings. The highest BCUT2D eigenvalue weighted by Crippen LogP contribution is 2.27. The second kappa shape index (κ2) is 6.12. The van der Waals surface area contributed by atoms with Crippen LogP contribution in [0.2, 0.25) is 5.02 Å². The summed E-state index contributed by atoms with van der Waals surface area (Å²) in [7, 11) is 1.37. The van der Waals surface area contributed by atoms with Gasteiger partial charge in [-0.05, 0) is 24.1 Å². The standard InChI is InChI=1S/C13H18ClN3O2/c1-19-13(18)16-11-4-5-17(8-11)12-6-10(14)3-2-9(12)7-15/h2-3,6,11H,4-5,7-8,15H2,1H3,(H,16,18). The van der Waals surface area contributed by atoms with E-state index in [0.717, 1.165) is 30.8 Å². The van der Waals surface area contributed by atoms with Crippen molar-refractivity contribution in [2.24, 2.45) is 5.73 Å². The lowest BCUT2D eigenvalue weighted by Crippen LogP contribution is -2.37. The Morgan fingerprint density at radius 1 is 1.63 bits per heavy atom. The van der Waals surface area contributed by atoms with Crippen LogP contribution in [0.15, 0.2) is 18.2 Å². The molecular weight excluding hydrogens is 266 g/mol. The van der Waals surface area contributed by atoms with Crippen LogP contribution in [0.25, 0.3) is 0 Å². The Labute approximate surface area is 117 Å². The first-order valence-corrected chi connectivity index (χ1v) is 6.59. The molecule has 0 spiro atoms. The Hall–Kier alpha value is -1.46. The zero-order chi connectivity index (χ0) is 13.8. The van der Waals surface area contributed by atoms with Crippen molar-refractivity contribution in [1.29, 1.82) is 0 Å². The molecule has 0 bridgehead atoms. The van der Waals surface area contributed by atoms with E-state index >= 15 is 0 Å². The molecule has 1 aromatic carbocycles. The number of halogens is 1. The van der Waals surface area contributed by atoms with Crippen molar-refractivity contribution in [2.75, 3.05) is 25.1 Å². The van der Waals surface area contributed by atoms with E-state index in [2.05, 4.69) is 15.0 Å². The van der Waals surface area contributed by atoms with Gasteiger partial charge in [-0.1, -0.05) is 17.7 Å². The molecule has 0 aromatic heterocycles. The van der Waals surface area contributed by atoms with Gasteiger partial charge in [0, 0.05) is 30.3 Å². The Bertz CT molecular complexity index is 467. The first-order valence-electron chi connectivity index (χ1n) is 6.22. The van der Waals surface area contributed by atoms with E-state index in [1.807, 2.05) is 18.2 Å². The number of carbonyl (C=O) groups is 1. The maximum atomic E-state index is 11.2. The average molecular weight is 284 g/mol. The number of alkyl carbamates (subject to hydrolysis) is 1. The third kappa shape index (κ3) is 3.30. The Morgan fingerprint density at radius 3 is 3.11 bits per heavy atom. The minimum Gasteiger partial charge on any atom is -0.453 e. The molecule has 2 rings (SSSR count). The second-order valence-corrected chi connectivity index (χ2v) is 4.98. The summed E-state index contributed by atoms with van der Waals surface area (Å²) in [5, 5.41) is 3.50. The zero-order valence-electron chi connectivity index (χ0n) is 10.9. The predicted molar refractivity (Wildman–Crippen MR) is 75.5 cm³/mol. The van der Waals surface area contributed by atoms with Gasteiger partial charge in [0.05, 0.1) is 13.2 Å². The molecule has 1 atom stereocenters. The first-order chi connectivity index (χ1) is 9.13. The summed E-state index contributed by atoms with van der Waals surface area (Å²) in [5.41, 5.74) is 7.85. The molecule has 19 heavy (non-hydrogen) atoms. The van der Waals surface area contributed by atoms with Crippen LogP contribution < -0.4 is 16.0 Å². The van der Waals surface area contributed by atoms with Gasteiger partial charge in [0.15, 0.2) is 0 Å². The number of ether oxygens (including phenoxy) is 1. The van der Waals surface area contributed by atoms with Crippen LogP contribution in [-0.2, 0) is 11.3 Å². The summed E-state index contributed by atoms with van der Waals surface area (Å²) >= 11 is 6.04. The van der Waals surface area contributed by atoms with Gasteiger partial charge in [0.1, 0.15) is 0 Å². The average Bonchev–Trinajstić information content (AvgIpc) is 2.86. The molecular formula is C13H18ClN3O2. The van der Waals surface area contributed by atoms with E-state index in [9.17, 15) is 4.79 Å². The molecule has 6 heteroatoms. The number of amides is 1. The van der Waals surface area contributed by atoms with Crippen molar-refractivity contribution < 1.29 is 9.53 Å². The van der Waals surface area contributed by atoms with Crippen molar-refractivity contribution in [1.82, 2.24) is 5.32 Å². The Kier molecular flexibility index (Phi) is 4.50. The fourth-order valence-corrected chi connectivity index (χ4v) is 2.49. The van der Waals surface area contributed by atoms with Crippen molar-refractivity contribution in [3.8, 4) is 0 Å². The summed E-state index contributed by atoms with van der Waals surface area (Å²) in [5.74, 6) is 0. The van der Waals surface area contributed by atoms with E-state index in [0.29, 0.717) is 11.6 Å². The van der Waals surface area contributed by atoms with Crippen molar-refractivity contribution >= 4 is 23.4 Å². The maximum absolute atomic E-state index is 11.2. The van der Waals surface area contributed by atoms with E-state index < -0.39 is 6.09 Å². The number of nitrogens with two attached hydrogens (primary N) is 1. The van der Waals surface area contributed by atoms with Crippen LogP contribution in [0.4, 0.5) is 10.5 Å². The molecule has 1 fully saturated rings.